The van der Waals surface area contributed by atoms with Crippen LogP contribution in [0.5, 0.6) is 0 Å². The van der Waals surface area contributed by atoms with Crippen molar-refractivity contribution >= 4 is 102 Å². The molecule has 0 radical (unpaired) electrons. The second-order valence-corrected chi connectivity index (χ2v) is 30.7. The van der Waals surface area contributed by atoms with E-state index in [0.717, 1.165) is 4.57 Å². The number of imidazole rings is 2. The summed E-state index contributed by atoms with van der Waals surface area (Å²) in [5.74, 6) is -0.209. The van der Waals surface area contributed by atoms with E-state index in [-0.39, 0.29) is 52.2 Å². The van der Waals surface area contributed by atoms with E-state index in [1.54, 1.807) is 34.6 Å². The number of hydrogen-bond donors (Lipinski definition) is 6. The maximum Gasteiger partial charge on any atom is 0.351 e. The van der Waals surface area contributed by atoms with Gasteiger partial charge in [-0.2, -0.15) is 15.0 Å². The summed E-state index contributed by atoms with van der Waals surface area (Å²) in [5.41, 5.74) is 17.1. The van der Waals surface area contributed by atoms with E-state index in [1.807, 2.05) is 0 Å². The van der Waals surface area contributed by atoms with E-state index in [1.165, 1.54) is 52.0 Å². The Bertz CT molecular complexity index is 4170. The fourth-order valence-corrected chi connectivity index (χ4v) is 17.0. The first kappa shape index (κ1) is 62.9. The van der Waals surface area contributed by atoms with Crippen LogP contribution in [0.3, 0.4) is 0 Å². The molecule has 482 valence electrons. The Kier molecular flexibility index (Phi) is 15.8. The zero-order chi connectivity index (χ0) is 63.4. The first-order valence-electron chi connectivity index (χ1n) is 27.6. The Morgan fingerprint density at radius 3 is 1.84 bits per heavy atom. The molecule has 6 aromatic heterocycles. The standard InChI is InChI=1S/C47H61N16O20P3S3/c1-7-22-23(8-24(77-22)60-9-17(2)33(48)56-43(60)66)81-84(68,87)72-12-46-20(5)75-28(40(79-46)62-15-54-25-35(50)52-14-53-36(25)62)31(46)83-86(70,89)73-13-47-21(6)76-29(41(80-47)63-16-55-26-37(63)58-42(51)59-38(26)65)32(47)82-85(69,88)71-11-45-19(4)74-27(30(45)64)39(78-45)61-10-18(3)34(49)57-44(61)67/h9-10,14-16,19-24,27-32,39-41,64H,7-8,11-13H2,1-6H3,(H,68,87)(H,69,88)(H,70,89)(H2,48,56,66)(H2,49,57,67)(H2,50,52,53)(H3,51,58,59,65)/p-3/t19-,20-,21-,22+,23?,24+,27-,28-,29-,30?,31?,32?,39+,40+,41+,45-,46-,47-,84?,85?,86?/m0/s1. The number of fused-ring (bicyclic) bond motifs is 8. The molecule has 13 heterocycles. The minimum atomic E-state index is -4.96. The van der Waals surface area contributed by atoms with Crippen LogP contribution in [0.15, 0.2) is 45.8 Å². The highest BCUT2D eigenvalue weighted by Crippen LogP contribution is 2.62. The summed E-state index contributed by atoms with van der Waals surface area (Å²) in [6, 6.07) is 0. The van der Waals surface area contributed by atoms with Crippen molar-refractivity contribution in [1.82, 2.24) is 58.1 Å². The van der Waals surface area contributed by atoms with Crippen LogP contribution in [0, 0.1) is 13.8 Å². The van der Waals surface area contributed by atoms with Gasteiger partial charge in [0.05, 0.1) is 63.0 Å². The van der Waals surface area contributed by atoms with E-state index in [9.17, 15) is 29.3 Å². The van der Waals surface area contributed by atoms with Gasteiger partial charge in [0, 0.05) is 29.9 Å². The lowest BCUT2D eigenvalue weighted by Crippen LogP contribution is -2.52. The minimum absolute atomic E-state index is 0.00671. The number of nitrogens with two attached hydrogens (primary N) is 4. The number of aryl methyl sites for hydroxylation is 2. The number of ether oxygens (including phenoxy) is 7. The van der Waals surface area contributed by atoms with Crippen LogP contribution < -0.4 is 49.7 Å². The molecule has 0 spiro atoms. The van der Waals surface area contributed by atoms with Crippen LogP contribution in [0.2, 0.25) is 0 Å². The largest absolute Gasteiger partial charge is 0.780 e. The molecule has 7 unspecified atom stereocenters. The number of hydrogen-bond acceptors (Lipinski definition) is 34. The van der Waals surface area contributed by atoms with Crippen LogP contribution >= 0.6 is 20.2 Å². The fraction of sp³-hybridized carbons (Fsp3) is 0.617. The monoisotopic (exact) mass is 1360 g/mol. The number of aromatic nitrogens is 12. The summed E-state index contributed by atoms with van der Waals surface area (Å²) in [4.78, 5) is 99.5. The number of aliphatic hydroxyl groups is 1. The molecule has 6 bridgehead atoms. The lowest BCUT2D eigenvalue weighted by Gasteiger charge is -2.42. The predicted molar refractivity (Wildman–Crippen MR) is 310 cm³/mol. The minimum Gasteiger partial charge on any atom is -0.780 e. The lowest BCUT2D eigenvalue weighted by atomic mass is 9.94. The van der Waals surface area contributed by atoms with E-state index in [2.05, 4.69) is 39.9 Å². The van der Waals surface area contributed by atoms with Gasteiger partial charge in [0.1, 0.15) is 96.6 Å². The van der Waals surface area contributed by atoms with Crippen molar-refractivity contribution in [2.75, 3.05) is 42.8 Å². The number of nitrogens with one attached hydrogen (secondary N) is 1. The van der Waals surface area contributed by atoms with Crippen LogP contribution in [0.4, 0.5) is 23.4 Å². The number of nitrogen functional groups attached to an aromatic ring is 4. The summed E-state index contributed by atoms with van der Waals surface area (Å²) < 4.78 is 102. The van der Waals surface area contributed by atoms with Gasteiger partial charge in [-0.15, -0.1) is 0 Å². The summed E-state index contributed by atoms with van der Waals surface area (Å²) in [6.45, 7) is -6.87. The first-order valence-corrected chi connectivity index (χ1v) is 35.3. The molecule has 13 rings (SSSR count). The molecule has 42 heteroatoms. The van der Waals surface area contributed by atoms with Crippen molar-refractivity contribution < 1.29 is 79.8 Å². The lowest BCUT2D eigenvalue weighted by molar-refractivity contribution is -0.240. The fourth-order valence-electron chi connectivity index (χ4n) is 12.6. The molecule has 36 nitrogen and oxygen atoms in total. The van der Waals surface area contributed by atoms with Gasteiger partial charge in [0.2, 0.25) is 5.95 Å². The van der Waals surface area contributed by atoms with Crippen molar-refractivity contribution in [3.63, 3.8) is 0 Å². The summed E-state index contributed by atoms with van der Waals surface area (Å²) in [7, 11) is 0. The van der Waals surface area contributed by atoms with Crippen LogP contribution in [-0.4, -0.2) is 167 Å². The van der Waals surface area contributed by atoms with E-state index < -0.39 is 166 Å². The quantitative estimate of drug-likeness (QED) is 0.0381. The molecule has 7 aliphatic rings. The molecule has 7 fully saturated rings. The molecular weight excluding hydrogens is 1300 g/mol. The second kappa shape index (κ2) is 22.4. The average Bonchev–Trinajstić information content (AvgIpc) is 1.57. The zero-order valence-electron chi connectivity index (χ0n) is 47.6. The van der Waals surface area contributed by atoms with Gasteiger partial charge in [-0.3, -0.25) is 32.6 Å². The number of rotatable bonds is 20. The first-order chi connectivity index (χ1) is 42.0. The predicted octanol–water partition coefficient (Wildman–Crippen LogP) is -1.33. The average molecular weight is 1360 g/mol. The maximum atomic E-state index is 15.2. The summed E-state index contributed by atoms with van der Waals surface area (Å²) >= 11 is 16.8. The van der Waals surface area contributed by atoms with Crippen molar-refractivity contribution in [3.05, 3.63) is 73.8 Å². The van der Waals surface area contributed by atoms with Gasteiger partial charge in [-0.1, -0.05) is 30.5 Å². The highest BCUT2D eigenvalue weighted by molar-refractivity contribution is 8.32. The normalized spacial score (nSPS) is 36.6. The second-order valence-electron chi connectivity index (χ2n) is 22.6. The van der Waals surface area contributed by atoms with E-state index >= 15 is 4.57 Å². The number of aliphatic hydroxyl groups excluding tert-OH is 1. The number of anilines is 4. The SMILES string of the molecule is CC[C@H]1O[C@@H](n2cc(C)c(N)nc2=O)CC1OP([O-])(=S)OC[C@]12O[C@@H](n3cnc4c(N)ncnc43)[C@@H](O[C@H]1C)C2OP(=O)([S-])OC[C@]12O[C@@H](n3cnc4c(=O)[nH]c(N)nc43)[C@@H](O[C@H]1C)C2OP([O-])(=S)OC[C@]12O[C@@H](n3cc(C)c(N)nc3=O)[C@@H](O[C@H]1C)C2O. The number of H-pyrrole nitrogens is 1. The summed E-state index contributed by atoms with van der Waals surface area (Å²) in [5, 5.41) is 11.7. The van der Waals surface area contributed by atoms with Crippen LogP contribution in [0.1, 0.15) is 76.6 Å². The highest BCUT2D eigenvalue weighted by atomic mass is 32.7. The Balaban J connectivity index is 0.782. The molecule has 0 aliphatic carbocycles. The van der Waals surface area contributed by atoms with Crippen molar-refractivity contribution in [2.24, 2.45) is 0 Å². The molecule has 0 saturated carbocycles. The Morgan fingerprint density at radius 1 is 0.685 bits per heavy atom. The Morgan fingerprint density at radius 2 is 1.20 bits per heavy atom. The Labute approximate surface area is 517 Å². The molecule has 0 aromatic carbocycles. The number of nitrogens with zero attached hydrogens (tertiary/aromatic N) is 11. The molecule has 10 N–H and O–H groups in total. The molecule has 0 amide bonds. The molecule has 7 saturated heterocycles. The van der Waals surface area contributed by atoms with Gasteiger partial charge >= 0.3 is 11.4 Å². The van der Waals surface area contributed by atoms with Gasteiger partial charge in [0.15, 0.2) is 48.1 Å². The van der Waals surface area contributed by atoms with Gasteiger partial charge < -0.3 is 110 Å². The smallest absolute Gasteiger partial charge is 0.351 e. The Hall–Kier alpha value is -4.90. The molecule has 21 atom stereocenters. The van der Waals surface area contributed by atoms with Crippen molar-refractivity contribution in [2.45, 2.75) is 163 Å². The van der Waals surface area contributed by atoms with E-state index in [4.69, 9.17) is 119 Å². The summed E-state index contributed by atoms with van der Waals surface area (Å²) in [6.07, 6.45) is -10.7. The topological polar surface area (TPSA) is 484 Å². The van der Waals surface area contributed by atoms with Crippen LogP contribution in [-0.2, 0) is 101 Å². The third kappa shape index (κ3) is 10.5. The van der Waals surface area contributed by atoms with Gasteiger partial charge in [0.25, 0.3) is 5.56 Å². The molecule has 89 heavy (non-hydrogen) atoms. The molecule has 6 aromatic rings. The van der Waals surface area contributed by atoms with Crippen molar-refractivity contribution in [3.8, 4) is 0 Å². The number of aromatic amines is 1. The van der Waals surface area contributed by atoms with Gasteiger partial charge in [-0.05, 0) is 41.0 Å². The van der Waals surface area contributed by atoms with Crippen LogP contribution in [0.25, 0.3) is 22.3 Å². The van der Waals surface area contributed by atoms with E-state index in [0.29, 0.717) is 17.5 Å². The zero-order valence-corrected chi connectivity index (χ0v) is 52.7. The third-order valence-electron chi connectivity index (χ3n) is 17.4. The maximum absolute atomic E-state index is 15.2. The van der Waals surface area contributed by atoms with Gasteiger partial charge in [-0.25, -0.2) is 29.5 Å². The van der Waals surface area contributed by atoms with Crippen molar-refractivity contribution in [1.29, 1.82) is 0 Å². The highest BCUT2D eigenvalue weighted by Gasteiger charge is 2.71. The molecular formula is C47H58N16O20P3S3-3. The third-order valence-corrected chi connectivity index (χ3v) is 21.9. The molecule has 7 aliphatic heterocycles.